The third-order valence-electron chi connectivity index (χ3n) is 5.86. The molecule has 0 atom stereocenters. The van der Waals surface area contributed by atoms with Gasteiger partial charge in [-0.05, 0) is 36.6 Å². The summed E-state index contributed by atoms with van der Waals surface area (Å²) in [5, 5.41) is 0.656. The maximum Gasteiger partial charge on any atom is 0.341 e. The normalized spacial score (nSPS) is 13.5. The zero-order valence-corrected chi connectivity index (χ0v) is 21.3. The molecule has 0 amide bonds. The molecule has 7 nitrogen and oxygen atoms in total. The zero-order chi connectivity index (χ0) is 24.8. The molecular weight excluding hydrogens is 464 g/mol. The largest absolute Gasteiger partial charge is 0.493 e. The number of nitrogens with zero attached hydrogens (tertiary/aromatic N) is 2. The second-order valence-electron chi connectivity index (χ2n) is 8.07. The molecule has 0 fully saturated rings. The van der Waals surface area contributed by atoms with E-state index in [-0.39, 0.29) is 5.97 Å². The molecule has 0 spiro atoms. The van der Waals surface area contributed by atoms with Crippen LogP contribution in [0.5, 0.6) is 17.2 Å². The van der Waals surface area contributed by atoms with Crippen molar-refractivity contribution in [2.75, 3.05) is 34.5 Å². The van der Waals surface area contributed by atoms with Crippen LogP contribution in [0, 0.1) is 0 Å². The fourth-order valence-corrected chi connectivity index (χ4v) is 5.45. The summed E-state index contributed by atoms with van der Waals surface area (Å²) in [6.45, 7) is 4.66. The van der Waals surface area contributed by atoms with Crippen LogP contribution in [0.3, 0.4) is 0 Å². The van der Waals surface area contributed by atoms with Crippen LogP contribution in [0.15, 0.2) is 47.5 Å². The molecule has 3 aromatic rings. The summed E-state index contributed by atoms with van der Waals surface area (Å²) in [5.41, 5.74) is 3.68. The average Bonchev–Trinajstić information content (AvgIpc) is 3.25. The van der Waals surface area contributed by atoms with Crippen molar-refractivity contribution >= 4 is 28.5 Å². The van der Waals surface area contributed by atoms with Gasteiger partial charge in [0.1, 0.15) is 5.00 Å². The number of thiophene rings is 1. The monoisotopic (exact) mass is 494 g/mol. The van der Waals surface area contributed by atoms with Crippen LogP contribution in [0.1, 0.15) is 38.8 Å². The van der Waals surface area contributed by atoms with Crippen molar-refractivity contribution in [3.8, 4) is 17.2 Å². The number of carbonyl (C=O) groups is 1. The first-order chi connectivity index (χ1) is 17.1. The number of hydrogen-bond donors (Lipinski definition) is 0. The van der Waals surface area contributed by atoms with Gasteiger partial charge in [-0.1, -0.05) is 30.3 Å². The second kappa shape index (κ2) is 11.4. The fourth-order valence-electron chi connectivity index (χ4n) is 4.23. The molecule has 2 aromatic carbocycles. The van der Waals surface area contributed by atoms with Gasteiger partial charge < -0.3 is 18.9 Å². The second-order valence-corrected chi connectivity index (χ2v) is 9.15. The summed E-state index contributed by atoms with van der Waals surface area (Å²) in [7, 11) is 4.72. The highest BCUT2D eigenvalue weighted by atomic mass is 32.1. The lowest BCUT2D eigenvalue weighted by Gasteiger charge is -2.27. The predicted molar refractivity (Wildman–Crippen MR) is 138 cm³/mol. The third-order valence-corrected chi connectivity index (χ3v) is 6.99. The van der Waals surface area contributed by atoms with Gasteiger partial charge in [-0.2, -0.15) is 0 Å². The first kappa shape index (κ1) is 24.8. The van der Waals surface area contributed by atoms with Gasteiger partial charge in [0.2, 0.25) is 5.75 Å². The smallest absolute Gasteiger partial charge is 0.341 e. The molecule has 0 saturated heterocycles. The zero-order valence-electron chi connectivity index (χ0n) is 20.5. The molecule has 1 aromatic heterocycles. The van der Waals surface area contributed by atoms with Crippen molar-refractivity contribution in [2.24, 2.45) is 4.99 Å². The van der Waals surface area contributed by atoms with Crippen LogP contribution in [-0.2, 0) is 24.2 Å². The lowest BCUT2D eigenvalue weighted by atomic mass is 10.0. The first-order valence-electron chi connectivity index (χ1n) is 11.5. The number of fused-ring (bicyclic) bond motifs is 1. The molecule has 4 rings (SSSR count). The van der Waals surface area contributed by atoms with Gasteiger partial charge in [0, 0.05) is 36.3 Å². The van der Waals surface area contributed by atoms with Crippen molar-refractivity contribution < 1.29 is 23.7 Å². The standard InChI is InChI=1S/C27H30N2O5S/c1-5-34-27(30)24-20-11-12-29(16-18-9-7-6-8-10-18)17-23(20)35-26(24)28-15-19-13-21(31-2)25(33-4)22(14-19)32-3/h6-10,13-15H,5,11-12,16-17H2,1-4H3. The molecular formula is C27H30N2O5S. The van der Waals surface area contributed by atoms with Crippen molar-refractivity contribution in [2.45, 2.75) is 26.4 Å². The van der Waals surface area contributed by atoms with Gasteiger partial charge in [0.15, 0.2) is 11.5 Å². The van der Waals surface area contributed by atoms with Crippen LogP contribution in [-0.4, -0.2) is 51.6 Å². The van der Waals surface area contributed by atoms with Crippen molar-refractivity contribution in [1.29, 1.82) is 0 Å². The molecule has 1 aliphatic rings. The Hall–Kier alpha value is -3.36. The fraction of sp³-hybridized carbons (Fsp3) is 0.333. The van der Waals surface area contributed by atoms with Gasteiger partial charge in [-0.3, -0.25) is 4.90 Å². The summed E-state index contributed by atoms with van der Waals surface area (Å²) in [6.07, 6.45) is 2.50. The number of rotatable bonds is 9. The topological polar surface area (TPSA) is 69.6 Å². The summed E-state index contributed by atoms with van der Waals surface area (Å²) in [4.78, 5) is 21.2. The van der Waals surface area contributed by atoms with E-state index in [1.807, 2.05) is 25.1 Å². The number of methoxy groups -OCH3 is 3. The average molecular weight is 495 g/mol. The van der Waals surface area contributed by atoms with E-state index in [2.05, 4.69) is 29.2 Å². The van der Waals surface area contributed by atoms with E-state index in [0.717, 1.165) is 42.1 Å². The molecule has 184 valence electrons. The van der Waals surface area contributed by atoms with E-state index in [9.17, 15) is 4.79 Å². The van der Waals surface area contributed by atoms with Crippen molar-refractivity contribution in [3.63, 3.8) is 0 Å². The Bertz CT molecular complexity index is 1180. The van der Waals surface area contributed by atoms with E-state index in [0.29, 0.717) is 34.4 Å². The molecule has 0 unspecified atom stereocenters. The maximum atomic E-state index is 12.9. The lowest BCUT2D eigenvalue weighted by Crippen LogP contribution is -2.29. The number of ether oxygens (including phenoxy) is 4. The van der Waals surface area contributed by atoms with Gasteiger partial charge in [0.05, 0.1) is 33.5 Å². The van der Waals surface area contributed by atoms with Gasteiger partial charge in [-0.15, -0.1) is 11.3 Å². The molecule has 0 N–H and O–H groups in total. The van der Waals surface area contributed by atoms with Gasteiger partial charge in [-0.25, -0.2) is 9.79 Å². The summed E-state index contributed by atoms with van der Waals surface area (Å²) >= 11 is 1.55. The minimum atomic E-state index is -0.321. The Labute approximate surface area is 209 Å². The van der Waals surface area contributed by atoms with Crippen LogP contribution < -0.4 is 14.2 Å². The Morgan fingerprint density at radius 2 is 1.80 bits per heavy atom. The number of benzene rings is 2. The van der Waals surface area contributed by atoms with Crippen LogP contribution in [0.25, 0.3) is 0 Å². The molecule has 35 heavy (non-hydrogen) atoms. The minimum absolute atomic E-state index is 0.319. The van der Waals surface area contributed by atoms with Crippen LogP contribution >= 0.6 is 11.3 Å². The lowest BCUT2D eigenvalue weighted by molar-refractivity contribution is 0.0526. The SMILES string of the molecule is CCOC(=O)c1c(N=Cc2cc(OC)c(OC)c(OC)c2)sc2c1CCN(Cc1ccccc1)C2. The van der Waals surface area contributed by atoms with Gasteiger partial charge in [0.25, 0.3) is 0 Å². The Morgan fingerprint density at radius 3 is 2.43 bits per heavy atom. The van der Waals surface area contributed by atoms with E-state index in [4.69, 9.17) is 23.9 Å². The molecule has 0 aliphatic carbocycles. The molecule has 0 radical (unpaired) electrons. The summed E-state index contributed by atoms with van der Waals surface area (Å²) < 4.78 is 21.7. The highest BCUT2D eigenvalue weighted by Gasteiger charge is 2.28. The highest BCUT2D eigenvalue weighted by molar-refractivity contribution is 7.16. The minimum Gasteiger partial charge on any atom is -0.493 e. The summed E-state index contributed by atoms with van der Waals surface area (Å²) in [6, 6.07) is 14.1. The highest BCUT2D eigenvalue weighted by Crippen LogP contribution is 2.41. The quantitative estimate of drug-likeness (QED) is 0.299. The van der Waals surface area contributed by atoms with Gasteiger partial charge >= 0.3 is 5.97 Å². The third kappa shape index (κ3) is 5.49. The summed E-state index contributed by atoms with van der Waals surface area (Å²) in [5.74, 6) is 1.28. The molecule has 1 aliphatic heterocycles. The van der Waals surface area contributed by atoms with E-state index in [1.165, 1.54) is 5.56 Å². The van der Waals surface area contributed by atoms with E-state index < -0.39 is 0 Å². The first-order valence-corrected chi connectivity index (χ1v) is 12.3. The van der Waals surface area contributed by atoms with Crippen LogP contribution in [0.4, 0.5) is 5.00 Å². The van der Waals surface area contributed by atoms with E-state index >= 15 is 0 Å². The molecule has 8 heteroatoms. The Kier molecular flexibility index (Phi) is 8.05. The van der Waals surface area contributed by atoms with E-state index in [1.54, 1.807) is 38.9 Å². The Balaban J connectivity index is 1.65. The molecule has 0 saturated carbocycles. The van der Waals surface area contributed by atoms with Crippen molar-refractivity contribution in [3.05, 3.63) is 69.6 Å². The van der Waals surface area contributed by atoms with Crippen LogP contribution in [0.2, 0.25) is 0 Å². The molecule has 2 heterocycles. The molecule has 0 bridgehead atoms. The maximum absolute atomic E-state index is 12.9. The Morgan fingerprint density at radius 1 is 1.09 bits per heavy atom. The number of aliphatic imine (C=N–C) groups is 1. The number of carbonyl (C=O) groups excluding carboxylic acids is 1. The number of hydrogen-bond acceptors (Lipinski definition) is 8. The predicted octanol–water partition coefficient (Wildman–Crippen LogP) is 5.26. The number of esters is 1. The van der Waals surface area contributed by atoms with Crippen molar-refractivity contribution in [1.82, 2.24) is 4.90 Å².